The lowest BCUT2D eigenvalue weighted by Gasteiger charge is -2.33. The molecule has 1 amide bonds. The highest BCUT2D eigenvalue weighted by atomic mass is 35.5. The van der Waals surface area contributed by atoms with Crippen molar-refractivity contribution in [3.8, 4) is 0 Å². The summed E-state index contributed by atoms with van der Waals surface area (Å²) in [6.45, 7) is 2.08. The molecule has 1 aliphatic carbocycles. The first-order valence-corrected chi connectivity index (χ1v) is 7.66. The summed E-state index contributed by atoms with van der Waals surface area (Å²) in [5, 5.41) is 13.4. The number of aliphatic carboxylic acids is 1. The molecule has 7 heteroatoms. The summed E-state index contributed by atoms with van der Waals surface area (Å²) in [5.41, 5.74) is 0.283. The van der Waals surface area contributed by atoms with Crippen LogP contribution < -0.4 is 0 Å². The van der Waals surface area contributed by atoms with Crippen LogP contribution in [-0.4, -0.2) is 44.3 Å². The van der Waals surface area contributed by atoms with Crippen LogP contribution in [0.5, 0.6) is 0 Å². The van der Waals surface area contributed by atoms with Gasteiger partial charge in [0, 0.05) is 12.6 Å². The van der Waals surface area contributed by atoms with Crippen molar-refractivity contribution in [1.82, 2.24) is 14.7 Å². The summed E-state index contributed by atoms with van der Waals surface area (Å²) in [7, 11) is 0. The molecule has 2 rings (SSSR count). The molecule has 0 bridgehead atoms. The molecule has 1 saturated carbocycles. The second-order valence-electron chi connectivity index (χ2n) is 5.28. The normalized spacial score (nSPS) is 15.9. The van der Waals surface area contributed by atoms with Gasteiger partial charge in [0.1, 0.15) is 12.2 Å². The number of carboxylic acid groups (broad SMARTS) is 1. The Kier molecular flexibility index (Phi) is 5.22. The molecule has 0 atom stereocenters. The fourth-order valence-corrected chi connectivity index (χ4v) is 3.08. The topological polar surface area (TPSA) is 75.4 Å². The molecule has 0 spiro atoms. The van der Waals surface area contributed by atoms with Crippen LogP contribution in [0.15, 0.2) is 6.20 Å². The summed E-state index contributed by atoms with van der Waals surface area (Å²) in [6.07, 6.45) is 6.30. The Balaban J connectivity index is 2.28. The maximum atomic E-state index is 12.8. The van der Waals surface area contributed by atoms with Crippen LogP contribution in [0.2, 0.25) is 5.02 Å². The number of aryl methyl sites for hydroxylation is 1. The van der Waals surface area contributed by atoms with Crippen LogP contribution >= 0.6 is 11.6 Å². The Morgan fingerprint density at radius 2 is 2.10 bits per heavy atom. The number of hydrogen-bond acceptors (Lipinski definition) is 3. The van der Waals surface area contributed by atoms with Crippen molar-refractivity contribution in [1.29, 1.82) is 0 Å². The zero-order valence-corrected chi connectivity index (χ0v) is 12.8. The SMILES string of the molecule is CCn1ncc(Cl)c1C(=O)N(CC(=O)O)C1CCCCC1. The molecule has 0 saturated heterocycles. The van der Waals surface area contributed by atoms with E-state index in [0.29, 0.717) is 6.54 Å². The molecule has 0 aromatic carbocycles. The van der Waals surface area contributed by atoms with E-state index in [1.165, 1.54) is 15.8 Å². The lowest BCUT2D eigenvalue weighted by atomic mass is 9.94. The number of nitrogens with zero attached hydrogens (tertiary/aromatic N) is 3. The molecule has 1 N–H and O–H groups in total. The summed E-state index contributed by atoms with van der Waals surface area (Å²) < 4.78 is 1.52. The van der Waals surface area contributed by atoms with E-state index in [0.717, 1.165) is 32.1 Å². The summed E-state index contributed by atoms with van der Waals surface area (Å²) in [6, 6.07) is -0.0291. The van der Waals surface area contributed by atoms with Gasteiger partial charge in [0.25, 0.3) is 5.91 Å². The minimum atomic E-state index is -1.01. The molecule has 0 aliphatic heterocycles. The minimum Gasteiger partial charge on any atom is -0.480 e. The Morgan fingerprint density at radius 1 is 1.43 bits per heavy atom. The average Bonchev–Trinajstić information content (AvgIpc) is 2.85. The number of carboxylic acids is 1. The molecule has 6 nitrogen and oxygen atoms in total. The van der Waals surface area contributed by atoms with Gasteiger partial charge in [0.05, 0.1) is 11.2 Å². The van der Waals surface area contributed by atoms with Crippen molar-refractivity contribution in [3.05, 3.63) is 16.9 Å². The summed E-state index contributed by atoms with van der Waals surface area (Å²) in [4.78, 5) is 25.3. The van der Waals surface area contributed by atoms with Gasteiger partial charge >= 0.3 is 5.97 Å². The zero-order valence-electron chi connectivity index (χ0n) is 12.1. The summed E-state index contributed by atoms with van der Waals surface area (Å²) in [5.74, 6) is -1.35. The molecule has 21 heavy (non-hydrogen) atoms. The first-order valence-electron chi connectivity index (χ1n) is 7.28. The molecule has 1 aromatic rings. The van der Waals surface area contributed by atoms with Crippen LogP contribution in [0, 0.1) is 0 Å². The van der Waals surface area contributed by atoms with E-state index in [4.69, 9.17) is 16.7 Å². The van der Waals surface area contributed by atoms with Crippen LogP contribution in [-0.2, 0) is 11.3 Å². The smallest absolute Gasteiger partial charge is 0.323 e. The van der Waals surface area contributed by atoms with E-state index in [9.17, 15) is 9.59 Å². The Labute approximate surface area is 128 Å². The third kappa shape index (κ3) is 3.56. The van der Waals surface area contributed by atoms with Crippen LogP contribution in [0.25, 0.3) is 0 Å². The molecule has 0 radical (unpaired) electrons. The maximum Gasteiger partial charge on any atom is 0.323 e. The predicted octanol–water partition coefficient (Wildman–Crippen LogP) is 2.42. The van der Waals surface area contributed by atoms with Gasteiger partial charge in [-0.1, -0.05) is 30.9 Å². The van der Waals surface area contributed by atoms with Crippen LogP contribution in [0.1, 0.15) is 49.5 Å². The quantitative estimate of drug-likeness (QED) is 0.905. The number of carbonyl (C=O) groups excluding carboxylic acids is 1. The minimum absolute atomic E-state index is 0.0291. The van der Waals surface area contributed by atoms with Gasteiger partial charge in [0.15, 0.2) is 0 Å². The van der Waals surface area contributed by atoms with E-state index in [1.807, 2.05) is 6.92 Å². The maximum absolute atomic E-state index is 12.8. The summed E-state index contributed by atoms with van der Waals surface area (Å²) >= 11 is 6.06. The van der Waals surface area contributed by atoms with E-state index in [2.05, 4.69) is 5.10 Å². The molecule has 1 fully saturated rings. The first kappa shape index (κ1) is 15.8. The van der Waals surface area contributed by atoms with Crippen molar-refractivity contribution >= 4 is 23.5 Å². The Bertz CT molecular complexity index is 524. The van der Waals surface area contributed by atoms with Crippen molar-refractivity contribution in [3.63, 3.8) is 0 Å². The third-order valence-electron chi connectivity index (χ3n) is 3.88. The standard InChI is InChI=1S/C14H20ClN3O3/c1-2-18-13(11(15)8-16-18)14(21)17(9-12(19)20)10-6-4-3-5-7-10/h8,10H,2-7,9H2,1H3,(H,19,20). The van der Waals surface area contributed by atoms with Gasteiger partial charge < -0.3 is 10.0 Å². The molecular weight excluding hydrogens is 294 g/mol. The molecule has 1 heterocycles. The lowest BCUT2D eigenvalue weighted by Crippen LogP contribution is -2.45. The zero-order chi connectivity index (χ0) is 15.4. The van der Waals surface area contributed by atoms with E-state index in [1.54, 1.807) is 0 Å². The van der Waals surface area contributed by atoms with Crippen molar-refractivity contribution in [2.24, 2.45) is 0 Å². The monoisotopic (exact) mass is 313 g/mol. The largest absolute Gasteiger partial charge is 0.480 e. The van der Waals surface area contributed by atoms with Gasteiger partial charge in [-0.25, -0.2) is 0 Å². The van der Waals surface area contributed by atoms with E-state index >= 15 is 0 Å². The number of aromatic nitrogens is 2. The van der Waals surface area contributed by atoms with Gasteiger partial charge in [-0.15, -0.1) is 0 Å². The highest BCUT2D eigenvalue weighted by molar-refractivity contribution is 6.33. The Morgan fingerprint density at radius 3 is 2.67 bits per heavy atom. The number of hydrogen-bond donors (Lipinski definition) is 1. The number of amides is 1. The van der Waals surface area contributed by atoms with Crippen LogP contribution in [0.4, 0.5) is 0 Å². The van der Waals surface area contributed by atoms with E-state index < -0.39 is 5.97 Å². The third-order valence-corrected chi connectivity index (χ3v) is 4.16. The van der Waals surface area contributed by atoms with Crippen LogP contribution in [0.3, 0.4) is 0 Å². The van der Waals surface area contributed by atoms with Gasteiger partial charge in [-0.2, -0.15) is 5.10 Å². The Hall–Kier alpha value is -1.56. The average molecular weight is 314 g/mol. The van der Waals surface area contributed by atoms with Gasteiger partial charge in [-0.05, 0) is 19.8 Å². The number of rotatable bonds is 5. The van der Waals surface area contributed by atoms with E-state index in [-0.39, 0.29) is 29.2 Å². The fraction of sp³-hybridized carbons (Fsp3) is 0.643. The highest BCUT2D eigenvalue weighted by Crippen LogP contribution is 2.26. The second kappa shape index (κ2) is 6.93. The second-order valence-corrected chi connectivity index (χ2v) is 5.68. The lowest BCUT2D eigenvalue weighted by molar-refractivity contribution is -0.138. The first-order chi connectivity index (χ1) is 10.0. The molecule has 116 valence electrons. The van der Waals surface area contributed by atoms with Crippen molar-refractivity contribution in [2.75, 3.05) is 6.54 Å². The molecule has 1 aromatic heterocycles. The van der Waals surface area contributed by atoms with Gasteiger partial charge in [0.2, 0.25) is 0 Å². The predicted molar refractivity (Wildman–Crippen MR) is 78.5 cm³/mol. The van der Waals surface area contributed by atoms with Crippen molar-refractivity contribution in [2.45, 2.75) is 51.6 Å². The molecular formula is C14H20ClN3O3. The van der Waals surface area contributed by atoms with Gasteiger partial charge in [-0.3, -0.25) is 14.3 Å². The number of carbonyl (C=O) groups is 2. The highest BCUT2D eigenvalue weighted by Gasteiger charge is 2.31. The van der Waals surface area contributed by atoms with Crippen molar-refractivity contribution < 1.29 is 14.7 Å². The molecule has 0 unspecified atom stereocenters. The fourth-order valence-electron chi connectivity index (χ4n) is 2.86. The molecule has 1 aliphatic rings. The number of halogens is 1.